The lowest BCUT2D eigenvalue weighted by molar-refractivity contribution is 0.477. The fourth-order valence-electron chi connectivity index (χ4n) is 2.17. The molecule has 100 valence electrons. The van der Waals surface area contributed by atoms with Crippen LogP contribution in [0.3, 0.4) is 0 Å². The van der Waals surface area contributed by atoms with E-state index in [1.807, 2.05) is 30.5 Å². The quantitative estimate of drug-likeness (QED) is 0.732. The van der Waals surface area contributed by atoms with E-state index in [2.05, 4.69) is 30.1 Å². The van der Waals surface area contributed by atoms with Crippen LogP contribution in [0.25, 0.3) is 21.8 Å². The lowest BCUT2D eigenvalue weighted by Crippen LogP contribution is -1.82. The number of benzene rings is 2. The maximum atomic E-state index is 10.0. The van der Waals surface area contributed by atoms with Crippen molar-refractivity contribution in [3.63, 3.8) is 0 Å². The van der Waals surface area contributed by atoms with Gasteiger partial charge in [-0.2, -0.15) is 0 Å². The third-order valence-corrected chi connectivity index (χ3v) is 4.09. The molecule has 0 aliphatic rings. The van der Waals surface area contributed by atoms with Crippen molar-refractivity contribution >= 4 is 11.3 Å². The Morgan fingerprint density at radius 3 is 2.55 bits per heavy atom. The zero-order chi connectivity index (χ0) is 14.1. The third kappa shape index (κ3) is 2.45. The molecule has 1 aromatic heterocycles. The predicted molar refractivity (Wildman–Crippen MR) is 84.1 cm³/mol. The minimum Gasteiger partial charge on any atom is -0.507 e. The first-order chi connectivity index (χ1) is 9.63. The second kappa shape index (κ2) is 5.10. The van der Waals surface area contributed by atoms with Crippen molar-refractivity contribution in [2.75, 3.05) is 0 Å². The van der Waals surface area contributed by atoms with E-state index < -0.39 is 0 Å². The van der Waals surface area contributed by atoms with Gasteiger partial charge in [0.25, 0.3) is 0 Å². The molecule has 1 N–H and O–H groups in total. The first-order valence-electron chi connectivity index (χ1n) is 6.46. The SMILES string of the molecule is Cc1cccc(-c2nc(-c3ccc(C)cc3O)cs2)c1. The molecule has 0 fully saturated rings. The van der Waals surface area contributed by atoms with Gasteiger partial charge < -0.3 is 5.11 Å². The normalized spacial score (nSPS) is 10.7. The van der Waals surface area contributed by atoms with Crippen LogP contribution in [0.5, 0.6) is 5.75 Å². The van der Waals surface area contributed by atoms with Gasteiger partial charge in [0.15, 0.2) is 0 Å². The van der Waals surface area contributed by atoms with E-state index in [-0.39, 0.29) is 5.75 Å². The Labute approximate surface area is 122 Å². The first-order valence-corrected chi connectivity index (χ1v) is 7.34. The number of hydrogen-bond donors (Lipinski definition) is 1. The number of thiazole rings is 1. The van der Waals surface area contributed by atoms with Crippen molar-refractivity contribution in [2.24, 2.45) is 0 Å². The third-order valence-electron chi connectivity index (χ3n) is 3.20. The van der Waals surface area contributed by atoms with Gasteiger partial charge in [0.05, 0.1) is 5.69 Å². The topological polar surface area (TPSA) is 33.1 Å². The number of phenolic OH excluding ortho intramolecular Hbond substituents is 1. The zero-order valence-corrected chi connectivity index (χ0v) is 12.2. The molecule has 0 saturated heterocycles. The summed E-state index contributed by atoms with van der Waals surface area (Å²) in [5.41, 5.74) is 4.99. The average Bonchev–Trinajstić information content (AvgIpc) is 2.88. The molecule has 0 aliphatic heterocycles. The van der Waals surface area contributed by atoms with Crippen LogP contribution < -0.4 is 0 Å². The van der Waals surface area contributed by atoms with E-state index in [9.17, 15) is 5.11 Å². The molecule has 3 heteroatoms. The molecule has 1 heterocycles. The van der Waals surface area contributed by atoms with Gasteiger partial charge in [-0.25, -0.2) is 4.98 Å². The molecular formula is C17H15NOS. The van der Waals surface area contributed by atoms with Crippen LogP contribution in [0.1, 0.15) is 11.1 Å². The maximum absolute atomic E-state index is 10.0. The van der Waals surface area contributed by atoms with Crippen molar-refractivity contribution in [3.05, 3.63) is 59.0 Å². The highest BCUT2D eigenvalue weighted by molar-refractivity contribution is 7.13. The predicted octanol–water partition coefficient (Wildman–Crippen LogP) is 4.80. The molecule has 0 radical (unpaired) electrons. The second-order valence-electron chi connectivity index (χ2n) is 4.93. The van der Waals surface area contributed by atoms with Crippen molar-refractivity contribution < 1.29 is 5.11 Å². The van der Waals surface area contributed by atoms with Gasteiger partial charge in [-0.1, -0.05) is 29.8 Å². The number of phenols is 1. The number of rotatable bonds is 2. The van der Waals surface area contributed by atoms with E-state index in [1.54, 1.807) is 17.4 Å². The van der Waals surface area contributed by atoms with Crippen LogP contribution in [-0.4, -0.2) is 10.1 Å². The molecule has 3 rings (SSSR count). The smallest absolute Gasteiger partial charge is 0.125 e. The highest BCUT2D eigenvalue weighted by atomic mass is 32.1. The zero-order valence-electron chi connectivity index (χ0n) is 11.4. The minimum absolute atomic E-state index is 0.283. The van der Waals surface area contributed by atoms with E-state index in [4.69, 9.17) is 0 Å². The summed E-state index contributed by atoms with van der Waals surface area (Å²) >= 11 is 1.60. The minimum atomic E-state index is 0.283. The molecule has 0 atom stereocenters. The molecule has 0 saturated carbocycles. The van der Waals surface area contributed by atoms with Crippen LogP contribution in [0.4, 0.5) is 0 Å². The van der Waals surface area contributed by atoms with Gasteiger partial charge in [-0.05, 0) is 37.6 Å². The fraction of sp³-hybridized carbons (Fsp3) is 0.118. The molecule has 0 bridgehead atoms. The highest BCUT2D eigenvalue weighted by Crippen LogP contribution is 2.33. The highest BCUT2D eigenvalue weighted by Gasteiger charge is 2.10. The molecular weight excluding hydrogens is 266 g/mol. The molecule has 0 aliphatic carbocycles. The van der Waals surface area contributed by atoms with E-state index in [0.29, 0.717) is 0 Å². The maximum Gasteiger partial charge on any atom is 0.125 e. The summed E-state index contributed by atoms with van der Waals surface area (Å²) in [4.78, 5) is 4.64. The Hall–Kier alpha value is -2.13. The summed E-state index contributed by atoms with van der Waals surface area (Å²) in [5.74, 6) is 0.283. The Morgan fingerprint density at radius 2 is 1.80 bits per heavy atom. The van der Waals surface area contributed by atoms with Crippen LogP contribution >= 0.6 is 11.3 Å². The summed E-state index contributed by atoms with van der Waals surface area (Å²) in [5, 5.41) is 13.0. The van der Waals surface area contributed by atoms with Gasteiger partial charge >= 0.3 is 0 Å². The lowest BCUT2D eigenvalue weighted by atomic mass is 10.1. The van der Waals surface area contributed by atoms with Crippen molar-refractivity contribution in [2.45, 2.75) is 13.8 Å². The number of aromatic hydroxyl groups is 1. The number of hydrogen-bond acceptors (Lipinski definition) is 3. The monoisotopic (exact) mass is 281 g/mol. The van der Waals surface area contributed by atoms with Gasteiger partial charge in [0.1, 0.15) is 10.8 Å². The Bertz CT molecular complexity index is 761. The first kappa shape index (κ1) is 12.9. The molecule has 3 aromatic rings. The molecule has 2 aromatic carbocycles. The largest absolute Gasteiger partial charge is 0.507 e. The molecule has 20 heavy (non-hydrogen) atoms. The van der Waals surface area contributed by atoms with Crippen LogP contribution in [0, 0.1) is 13.8 Å². The van der Waals surface area contributed by atoms with Crippen LogP contribution in [0.2, 0.25) is 0 Å². The van der Waals surface area contributed by atoms with Gasteiger partial charge in [-0.15, -0.1) is 11.3 Å². The second-order valence-corrected chi connectivity index (χ2v) is 5.79. The van der Waals surface area contributed by atoms with Gasteiger partial charge in [0.2, 0.25) is 0 Å². The summed E-state index contributed by atoms with van der Waals surface area (Å²) in [6.45, 7) is 4.03. The summed E-state index contributed by atoms with van der Waals surface area (Å²) in [6.07, 6.45) is 0. The summed E-state index contributed by atoms with van der Waals surface area (Å²) in [6, 6.07) is 14.0. The average molecular weight is 281 g/mol. The number of aromatic nitrogens is 1. The Balaban J connectivity index is 2.02. The van der Waals surface area contributed by atoms with Crippen molar-refractivity contribution in [3.8, 4) is 27.6 Å². The summed E-state index contributed by atoms with van der Waals surface area (Å²) in [7, 11) is 0. The number of aryl methyl sites for hydroxylation is 2. The molecule has 0 spiro atoms. The van der Waals surface area contributed by atoms with Crippen molar-refractivity contribution in [1.29, 1.82) is 0 Å². The molecule has 2 nitrogen and oxygen atoms in total. The van der Waals surface area contributed by atoms with E-state index >= 15 is 0 Å². The van der Waals surface area contributed by atoms with Crippen LogP contribution in [0.15, 0.2) is 47.8 Å². The molecule has 0 unspecified atom stereocenters. The standard InChI is InChI=1S/C17H15NOS/c1-11-4-3-5-13(8-11)17-18-15(10-20-17)14-7-6-12(2)9-16(14)19/h3-10,19H,1-2H3. The fourth-order valence-corrected chi connectivity index (χ4v) is 2.98. The molecule has 0 amide bonds. The van der Waals surface area contributed by atoms with Gasteiger partial charge in [0, 0.05) is 16.5 Å². The van der Waals surface area contributed by atoms with Gasteiger partial charge in [-0.3, -0.25) is 0 Å². The Morgan fingerprint density at radius 1 is 1.00 bits per heavy atom. The summed E-state index contributed by atoms with van der Waals surface area (Å²) < 4.78 is 0. The van der Waals surface area contributed by atoms with E-state index in [0.717, 1.165) is 27.4 Å². The van der Waals surface area contributed by atoms with Crippen molar-refractivity contribution in [1.82, 2.24) is 4.98 Å². The number of nitrogens with zero attached hydrogens (tertiary/aromatic N) is 1. The Kier molecular flexibility index (Phi) is 3.28. The lowest BCUT2D eigenvalue weighted by Gasteiger charge is -2.02. The van der Waals surface area contributed by atoms with E-state index in [1.165, 1.54) is 5.56 Å². The van der Waals surface area contributed by atoms with Crippen LogP contribution in [-0.2, 0) is 0 Å².